The summed E-state index contributed by atoms with van der Waals surface area (Å²) >= 11 is 6.25. The van der Waals surface area contributed by atoms with Crippen LogP contribution in [0.25, 0.3) is 6.08 Å². The van der Waals surface area contributed by atoms with E-state index in [1.54, 1.807) is 30.3 Å². The summed E-state index contributed by atoms with van der Waals surface area (Å²) in [5, 5.41) is 14.8. The molecule has 0 saturated carbocycles. The molecule has 34 heavy (non-hydrogen) atoms. The van der Waals surface area contributed by atoms with E-state index in [9.17, 15) is 19.2 Å². The Kier molecular flexibility index (Phi) is 8.21. The van der Waals surface area contributed by atoms with Crippen LogP contribution in [0.3, 0.4) is 0 Å². The molecule has 3 aromatic carbocycles. The van der Waals surface area contributed by atoms with E-state index in [-0.39, 0.29) is 23.0 Å². The molecule has 0 bridgehead atoms. The third-order valence-corrected chi connectivity index (χ3v) is 4.77. The lowest BCUT2D eigenvalue weighted by molar-refractivity contribution is -0.118. The number of nitriles is 1. The molecule has 7 nitrogen and oxygen atoms in total. The highest BCUT2D eigenvalue weighted by molar-refractivity contribution is 6.32. The predicted octanol–water partition coefficient (Wildman–Crippen LogP) is 5.05. The molecule has 0 aliphatic rings. The van der Waals surface area contributed by atoms with Gasteiger partial charge in [-0.15, -0.1) is 0 Å². The van der Waals surface area contributed by atoms with Gasteiger partial charge in [0.05, 0.1) is 17.8 Å². The Balaban J connectivity index is 1.63. The fraction of sp³-hybridized carbons (Fsp3) is 0.0800. The van der Waals surface area contributed by atoms with Gasteiger partial charge in [0, 0.05) is 5.69 Å². The molecule has 0 spiro atoms. The number of nitrogens with one attached hydrogen (secondary N) is 2. The van der Waals surface area contributed by atoms with Gasteiger partial charge in [-0.2, -0.15) is 5.26 Å². The van der Waals surface area contributed by atoms with Crippen molar-refractivity contribution in [2.45, 2.75) is 0 Å². The lowest BCUT2D eigenvalue weighted by atomic mass is 10.1. The highest BCUT2D eigenvalue weighted by atomic mass is 35.5. The zero-order valence-electron chi connectivity index (χ0n) is 18.0. The smallest absolute Gasteiger partial charge is 0.266 e. The molecule has 3 rings (SSSR count). The molecule has 0 heterocycles. The van der Waals surface area contributed by atoms with Crippen LogP contribution < -0.4 is 20.1 Å². The highest BCUT2D eigenvalue weighted by Crippen LogP contribution is 2.27. The van der Waals surface area contributed by atoms with Crippen LogP contribution in [-0.2, 0) is 9.59 Å². The normalized spacial score (nSPS) is 10.7. The van der Waals surface area contributed by atoms with E-state index in [2.05, 4.69) is 10.6 Å². The molecule has 2 N–H and O–H groups in total. The average Bonchev–Trinajstić information content (AvgIpc) is 2.83. The van der Waals surface area contributed by atoms with Crippen molar-refractivity contribution in [3.05, 3.63) is 88.7 Å². The van der Waals surface area contributed by atoms with Crippen molar-refractivity contribution in [1.82, 2.24) is 0 Å². The molecule has 0 aliphatic carbocycles. The average molecular weight is 480 g/mol. The SMILES string of the molecule is COc1ccccc1NC(=O)COc1ccc(/C=C(\C#N)C(=O)Nc2ccc(F)cc2)cc1Cl. The molecular weight excluding hydrogens is 461 g/mol. The van der Waals surface area contributed by atoms with Gasteiger partial charge in [-0.05, 0) is 60.2 Å². The van der Waals surface area contributed by atoms with Crippen LogP contribution in [0.4, 0.5) is 15.8 Å². The maximum absolute atomic E-state index is 13.0. The molecule has 172 valence electrons. The highest BCUT2D eigenvalue weighted by Gasteiger charge is 2.12. The minimum Gasteiger partial charge on any atom is -0.495 e. The van der Waals surface area contributed by atoms with Crippen LogP contribution in [0.5, 0.6) is 11.5 Å². The van der Waals surface area contributed by atoms with E-state index in [1.807, 2.05) is 6.07 Å². The zero-order valence-corrected chi connectivity index (χ0v) is 18.7. The predicted molar refractivity (Wildman–Crippen MR) is 127 cm³/mol. The van der Waals surface area contributed by atoms with E-state index in [0.29, 0.717) is 22.7 Å². The van der Waals surface area contributed by atoms with E-state index in [4.69, 9.17) is 21.1 Å². The number of nitrogens with zero attached hydrogens (tertiary/aromatic N) is 1. The standard InChI is InChI=1S/C25H19ClFN3O4/c1-33-23-5-3-2-4-21(23)30-24(31)15-34-22-11-6-16(13-20(22)26)12-17(14-28)25(32)29-19-9-7-18(27)8-10-19/h2-13H,15H2,1H3,(H,29,32)(H,30,31)/b17-12+. The Hall–Kier alpha value is -4.35. The van der Waals surface area contributed by atoms with Crippen LogP contribution in [0.1, 0.15) is 5.56 Å². The van der Waals surface area contributed by atoms with Crippen LogP contribution in [0.15, 0.2) is 72.3 Å². The van der Waals surface area contributed by atoms with Crippen LogP contribution in [-0.4, -0.2) is 25.5 Å². The summed E-state index contributed by atoms with van der Waals surface area (Å²) in [6, 6.07) is 18.6. The minimum absolute atomic E-state index is 0.176. The molecular formula is C25H19ClFN3O4. The Bertz CT molecular complexity index is 1270. The van der Waals surface area contributed by atoms with Gasteiger partial charge in [0.2, 0.25) is 0 Å². The van der Waals surface area contributed by atoms with Crippen molar-refractivity contribution in [2.24, 2.45) is 0 Å². The Morgan fingerprint density at radius 2 is 1.79 bits per heavy atom. The molecule has 0 aliphatic heterocycles. The van der Waals surface area contributed by atoms with E-state index < -0.39 is 17.6 Å². The fourth-order valence-electron chi connectivity index (χ4n) is 2.85. The number of carbonyl (C=O) groups excluding carboxylic acids is 2. The third-order valence-electron chi connectivity index (χ3n) is 4.47. The first-order valence-corrected chi connectivity index (χ1v) is 10.3. The second kappa shape index (κ2) is 11.5. The van der Waals surface area contributed by atoms with E-state index in [0.717, 1.165) is 0 Å². The lowest BCUT2D eigenvalue weighted by Gasteiger charge is -2.11. The summed E-state index contributed by atoms with van der Waals surface area (Å²) in [5.41, 5.74) is 1.15. The van der Waals surface area contributed by atoms with Crippen LogP contribution in [0, 0.1) is 17.1 Å². The number of rotatable bonds is 8. The van der Waals surface area contributed by atoms with E-state index >= 15 is 0 Å². The number of benzene rings is 3. The van der Waals surface area contributed by atoms with Gasteiger partial charge in [-0.1, -0.05) is 29.8 Å². The van der Waals surface area contributed by atoms with Crippen molar-refractivity contribution in [2.75, 3.05) is 24.4 Å². The number of para-hydroxylation sites is 2. The minimum atomic E-state index is -0.654. The number of anilines is 2. The number of halogens is 2. The van der Waals surface area contributed by atoms with Gasteiger partial charge < -0.3 is 20.1 Å². The van der Waals surface area contributed by atoms with Crippen molar-refractivity contribution in [1.29, 1.82) is 5.26 Å². The summed E-state index contributed by atoms with van der Waals surface area (Å²) < 4.78 is 23.7. The topological polar surface area (TPSA) is 100 Å². The van der Waals surface area contributed by atoms with Crippen molar-refractivity contribution in [3.8, 4) is 17.6 Å². The molecule has 2 amide bonds. The maximum Gasteiger partial charge on any atom is 0.266 e. The van der Waals surface area contributed by atoms with Crippen LogP contribution in [0.2, 0.25) is 5.02 Å². The Morgan fingerprint density at radius 3 is 2.47 bits per heavy atom. The molecule has 0 saturated heterocycles. The number of hydrogen-bond donors (Lipinski definition) is 2. The fourth-order valence-corrected chi connectivity index (χ4v) is 3.09. The maximum atomic E-state index is 13.0. The van der Waals surface area contributed by atoms with Crippen molar-refractivity contribution in [3.63, 3.8) is 0 Å². The number of amides is 2. The molecule has 9 heteroatoms. The summed E-state index contributed by atoms with van der Waals surface area (Å²) in [4.78, 5) is 24.6. The first kappa shape index (κ1) is 24.3. The molecule has 0 unspecified atom stereocenters. The summed E-state index contributed by atoms with van der Waals surface area (Å²) in [6.45, 7) is -0.295. The van der Waals surface area contributed by atoms with Crippen LogP contribution >= 0.6 is 11.6 Å². The Labute approximate surface area is 200 Å². The molecule has 0 radical (unpaired) electrons. The summed E-state index contributed by atoms with van der Waals surface area (Å²) in [7, 11) is 1.50. The summed E-state index contributed by atoms with van der Waals surface area (Å²) in [6.07, 6.45) is 1.35. The van der Waals surface area contributed by atoms with Crippen molar-refractivity contribution >= 4 is 40.9 Å². The van der Waals surface area contributed by atoms with E-state index in [1.165, 1.54) is 49.6 Å². The number of carbonyl (C=O) groups is 2. The van der Waals surface area contributed by atoms with Crippen molar-refractivity contribution < 1.29 is 23.5 Å². The molecule has 0 atom stereocenters. The van der Waals surface area contributed by atoms with Gasteiger partial charge in [-0.3, -0.25) is 9.59 Å². The zero-order chi connectivity index (χ0) is 24.5. The third kappa shape index (κ3) is 6.58. The number of ether oxygens (including phenoxy) is 2. The largest absolute Gasteiger partial charge is 0.495 e. The van der Waals surface area contributed by atoms with Gasteiger partial charge in [-0.25, -0.2) is 4.39 Å². The van der Waals surface area contributed by atoms with Gasteiger partial charge in [0.1, 0.15) is 29.0 Å². The number of hydrogen-bond acceptors (Lipinski definition) is 5. The first-order valence-electron chi connectivity index (χ1n) is 9.93. The Morgan fingerprint density at radius 1 is 1.06 bits per heavy atom. The lowest BCUT2D eigenvalue weighted by Crippen LogP contribution is -2.20. The number of methoxy groups -OCH3 is 1. The molecule has 3 aromatic rings. The molecule has 0 aromatic heterocycles. The second-order valence-corrected chi connectivity index (χ2v) is 7.27. The molecule has 0 fully saturated rings. The van der Waals surface area contributed by atoms with Gasteiger partial charge >= 0.3 is 0 Å². The van der Waals surface area contributed by atoms with Gasteiger partial charge in [0.15, 0.2) is 6.61 Å². The van der Waals surface area contributed by atoms with Gasteiger partial charge in [0.25, 0.3) is 11.8 Å². The monoisotopic (exact) mass is 479 g/mol. The summed E-state index contributed by atoms with van der Waals surface area (Å²) in [5.74, 6) is -0.736. The second-order valence-electron chi connectivity index (χ2n) is 6.86. The first-order chi connectivity index (χ1) is 16.4. The quantitative estimate of drug-likeness (QED) is 0.348.